The molecule has 4 aromatic heterocycles. The number of allylic oxidation sites excluding steroid dienone is 1. The molecule has 2 N–H and O–H groups in total. The van der Waals surface area contributed by atoms with Crippen LogP contribution in [-0.2, 0) is 48.9 Å². The monoisotopic (exact) mass is 802 g/mol. The molecule has 14 nitrogen and oxygen atoms in total. The molecule has 308 valence electrons. The van der Waals surface area contributed by atoms with Crippen LogP contribution in [0.1, 0.15) is 105 Å². The molecule has 0 atom stereocenters. The van der Waals surface area contributed by atoms with E-state index < -0.39 is 7.60 Å². The van der Waals surface area contributed by atoms with Gasteiger partial charge < -0.3 is 19.7 Å². The summed E-state index contributed by atoms with van der Waals surface area (Å²) >= 11 is 0. The van der Waals surface area contributed by atoms with E-state index >= 15 is 0 Å². The minimum absolute atomic E-state index is 0. The number of nitrogens with one attached hydrogen (secondary N) is 2. The maximum absolute atomic E-state index is 11.9. The van der Waals surface area contributed by atoms with E-state index in [4.69, 9.17) is 9.05 Å². The van der Waals surface area contributed by atoms with E-state index in [1.54, 1.807) is 24.5 Å². The Morgan fingerprint density at radius 3 is 1.68 bits per heavy atom. The number of rotatable bonds is 17. The number of hydrogen-bond donors (Lipinski definition) is 2. The van der Waals surface area contributed by atoms with Crippen LogP contribution in [0.5, 0.6) is 0 Å². The van der Waals surface area contributed by atoms with Crippen molar-refractivity contribution in [1.82, 2.24) is 29.9 Å². The number of aldehydes is 1. The van der Waals surface area contributed by atoms with E-state index in [2.05, 4.69) is 64.8 Å². The molecule has 4 aromatic rings. The molecule has 15 heteroatoms. The van der Waals surface area contributed by atoms with Gasteiger partial charge in [0, 0.05) is 81.9 Å². The van der Waals surface area contributed by atoms with Crippen LogP contribution in [0.3, 0.4) is 0 Å². The normalized spacial score (nSPS) is 12.6. The number of carbonyl (C=O) groups excluding carboxylic acids is 3. The number of unbranched alkanes of at least 4 members (excludes halogenated alkanes) is 2. The number of carbonyl (C=O) groups is 3. The zero-order chi connectivity index (χ0) is 39.1. The van der Waals surface area contributed by atoms with Crippen molar-refractivity contribution in [2.24, 2.45) is 0 Å². The van der Waals surface area contributed by atoms with E-state index in [0.29, 0.717) is 24.7 Å². The second-order valence-electron chi connectivity index (χ2n) is 13.0. The fourth-order valence-electron chi connectivity index (χ4n) is 5.79. The zero-order valence-corrected chi connectivity index (χ0v) is 32.6. The van der Waals surface area contributed by atoms with Crippen LogP contribution in [0, 0.1) is 0 Å². The predicted molar refractivity (Wildman–Crippen MR) is 226 cm³/mol. The number of hydrogen-bond acceptors (Lipinski definition) is 14. The van der Waals surface area contributed by atoms with Gasteiger partial charge in [0.2, 0.25) is 0 Å². The third-order valence-corrected chi connectivity index (χ3v) is 10.7. The lowest BCUT2D eigenvalue weighted by atomic mass is 10.0. The molecular formula is C42H59N8O6P. The van der Waals surface area contributed by atoms with Gasteiger partial charge in [0.1, 0.15) is 36.2 Å². The molecule has 2 aliphatic rings. The first-order chi connectivity index (χ1) is 26.8. The Morgan fingerprint density at radius 2 is 1.21 bits per heavy atom. The Labute approximate surface area is 337 Å². The Kier molecular flexibility index (Phi) is 22.6. The first-order valence-corrected chi connectivity index (χ1v) is 20.4. The largest absolute Gasteiger partial charge is 0.370 e. The van der Waals surface area contributed by atoms with Crippen LogP contribution >= 0.6 is 7.60 Å². The first-order valence-electron chi connectivity index (χ1n) is 18.6. The Morgan fingerprint density at radius 1 is 0.719 bits per heavy atom. The van der Waals surface area contributed by atoms with Gasteiger partial charge in [-0.25, -0.2) is 29.9 Å². The summed E-state index contributed by atoms with van der Waals surface area (Å²) < 4.78 is 21.4. The van der Waals surface area contributed by atoms with Gasteiger partial charge in [0.05, 0.1) is 5.56 Å². The second kappa shape index (κ2) is 26.7. The molecule has 6 rings (SSSR count). The molecule has 0 radical (unpaired) electrons. The maximum atomic E-state index is 11.9. The zero-order valence-electron chi connectivity index (χ0n) is 31.7. The molecule has 0 fully saturated rings. The van der Waals surface area contributed by atoms with Crippen molar-refractivity contribution >= 4 is 43.2 Å². The highest BCUT2D eigenvalue weighted by atomic mass is 31.2. The SMILES string of the molecule is C.C.COP(=O)(CC(=O)CCCCc1ccc2c(n1)NCCC2)OC.O=C(/C=C/c1cncnc1)CCCCc1ccc2c(n1)NCCC2.O=Cc1cncnc1. The highest BCUT2D eigenvalue weighted by Crippen LogP contribution is 2.46. The molecule has 57 heavy (non-hydrogen) atoms. The summed E-state index contributed by atoms with van der Waals surface area (Å²) in [5.41, 5.74) is 6.10. The number of aromatic nitrogens is 6. The molecule has 6 heterocycles. The third-order valence-electron chi connectivity index (χ3n) is 8.83. The van der Waals surface area contributed by atoms with Gasteiger partial charge in [0.15, 0.2) is 12.1 Å². The van der Waals surface area contributed by atoms with Crippen LogP contribution in [0.4, 0.5) is 11.6 Å². The van der Waals surface area contributed by atoms with Gasteiger partial charge in [0.25, 0.3) is 0 Å². The fraction of sp³-hybridized carbons (Fsp3) is 0.452. The lowest BCUT2D eigenvalue weighted by Gasteiger charge is -2.17. The lowest BCUT2D eigenvalue weighted by Crippen LogP contribution is -2.14. The smallest absolute Gasteiger partial charge is 0.337 e. The van der Waals surface area contributed by atoms with Crippen LogP contribution in [-0.4, -0.2) is 81.2 Å². The van der Waals surface area contributed by atoms with E-state index in [-0.39, 0.29) is 32.6 Å². The quantitative estimate of drug-likeness (QED) is 0.0452. The average molecular weight is 803 g/mol. The summed E-state index contributed by atoms with van der Waals surface area (Å²) in [7, 11) is -0.630. The summed E-state index contributed by atoms with van der Waals surface area (Å²) in [6.45, 7) is 1.99. The van der Waals surface area contributed by atoms with Crippen molar-refractivity contribution in [2.75, 3.05) is 44.1 Å². The van der Waals surface area contributed by atoms with Crippen molar-refractivity contribution in [3.63, 3.8) is 0 Å². The molecule has 0 amide bonds. The third kappa shape index (κ3) is 17.7. The van der Waals surface area contributed by atoms with E-state index in [9.17, 15) is 18.9 Å². The summed E-state index contributed by atoms with van der Waals surface area (Å²) in [5, 5.41) is 6.69. The predicted octanol–water partition coefficient (Wildman–Crippen LogP) is 7.99. The highest BCUT2D eigenvalue weighted by Gasteiger charge is 2.25. The van der Waals surface area contributed by atoms with Crippen LogP contribution in [0.25, 0.3) is 6.08 Å². The van der Waals surface area contributed by atoms with Crippen molar-refractivity contribution < 1.29 is 28.0 Å². The second-order valence-corrected chi connectivity index (χ2v) is 15.3. The van der Waals surface area contributed by atoms with Crippen molar-refractivity contribution in [2.45, 2.75) is 91.9 Å². The summed E-state index contributed by atoms with van der Waals surface area (Å²) in [6, 6.07) is 8.50. The summed E-state index contributed by atoms with van der Waals surface area (Å²) in [4.78, 5) is 58.0. The number of anilines is 2. The van der Waals surface area contributed by atoms with Gasteiger partial charge in [-0.1, -0.05) is 27.0 Å². The highest BCUT2D eigenvalue weighted by molar-refractivity contribution is 7.54. The fourth-order valence-corrected chi connectivity index (χ4v) is 6.79. The van der Waals surface area contributed by atoms with Gasteiger partial charge in [-0.15, -0.1) is 0 Å². The summed E-state index contributed by atoms with van der Waals surface area (Å²) in [5.74, 6) is 2.10. The number of nitrogens with zero attached hydrogens (tertiary/aromatic N) is 6. The van der Waals surface area contributed by atoms with Crippen LogP contribution in [0.15, 0.2) is 67.8 Å². The molecule has 0 aliphatic carbocycles. The molecular weight excluding hydrogens is 743 g/mol. The van der Waals surface area contributed by atoms with E-state index in [1.807, 2.05) is 0 Å². The molecule has 0 bridgehead atoms. The van der Waals surface area contributed by atoms with Crippen molar-refractivity contribution in [3.8, 4) is 0 Å². The molecule has 0 aromatic carbocycles. The Bertz CT molecular complexity index is 1870. The molecule has 0 spiro atoms. The standard InChI is InChI=1S/C19H22N4O.C16H25N2O4P.C5H4N2O.2CH4/c24-18(10-7-15-12-20-14-21-13-15)6-2-1-5-17-9-8-16-4-3-11-22-19(16)23-17;1-21-23(20,22-2)12-15(19)8-4-3-7-14-10-9-13-6-5-11-17-16(13)18-14;8-3-5-1-6-4-7-2-5;;/h7-10,12-14H,1-6,11H2,(H,22,23);9-10H,3-8,11-12H2,1-2H3,(H,17,18);1-4H;2*1H4/b10-7+;;;;. The number of fused-ring (bicyclic) bond motifs is 2. The number of aryl methyl sites for hydroxylation is 4. The minimum Gasteiger partial charge on any atom is -0.370 e. The van der Waals surface area contributed by atoms with Gasteiger partial charge >= 0.3 is 7.60 Å². The van der Waals surface area contributed by atoms with Crippen molar-refractivity contribution in [1.29, 1.82) is 0 Å². The number of Topliss-reactive ketones (excluding diaryl/α,β-unsaturated/α-hetero) is 1. The van der Waals surface area contributed by atoms with Crippen LogP contribution < -0.4 is 10.6 Å². The Hall–Kier alpha value is -5.04. The van der Waals surface area contributed by atoms with Crippen molar-refractivity contribution in [3.05, 3.63) is 101 Å². The minimum atomic E-state index is -3.23. The number of pyridine rings is 2. The first kappa shape index (κ1) is 48.1. The maximum Gasteiger partial charge on any atom is 0.337 e. The van der Waals surface area contributed by atoms with Gasteiger partial charge in [-0.2, -0.15) is 0 Å². The topological polar surface area (TPSA) is 188 Å². The molecule has 0 unspecified atom stereocenters. The van der Waals surface area contributed by atoms with E-state index in [1.165, 1.54) is 56.8 Å². The molecule has 0 saturated carbocycles. The van der Waals surface area contributed by atoms with Gasteiger partial charge in [-0.05, 0) is 99.6 Å². The van der Waals surface area contributed by atoms with E-state index in [0.717, 1.165) is 99.5 Å². The average Bonchev–Trinajstić information content (AvgIpc) is 3.24. The lowest BCUT2D eigenvalue weighted by molar-refractivity contribution is -0.117. The van der Waals surface area contributed by atoms with Crippen LogP contribution in [0.2, 0.25) is 0 Å². The Balaban J connectivity index is 0.000000320. The van der Waals surface area contributed by atoms with Gasteiger partial charge in [-0.3, -0.25) is 18.9 Å². The molecule has 2 aliphatic heterocycles. The molecule has 0 saturated heterocycles. The summed E-state index contributed by atoms with van der Waals surface area (Å²) in [6.07, 6.45) is 23.8. The number of ketones is 2.